The first-order valence-corrected chi connectivity index (χ1v) is 6.62. The minimum atomic E-state index is 0.978. The van der Waals surface area contributed by atoms with Gasteiger partial charge >= 0.3 is 0 Å². The maximum absolute atomic E-state index is 5.34. The molecule has 0 saturated heterocycles. The van der Waals surface area contributed by atoms with Gasteiger partial charge in [0.05, 0.1) is 7.11 Å². The van der Waals surface area contributed by atoms with Crippen LogP contribution in [0.5, 0.6) is 5.75 Å². The van der Waals surface area contributed by atoms with Gasteiger partial charge < -0.3 is 15.0 Å². The molecule has 3 nitrogen and oxygen atoms in total. The first-order chi connectivity index (χ1) is 8.60. The lowest BCUT2D eigenvalue weighted by Gasteiger charge is -2.19. The van der Waals surface area contributed by atoms with Gasteiger partial charge in [-0.05, 0) is 50.2 Å². The van der Waals surface area contributed by atoms with Gasteiger partial charge in [-0.2, -0.15) is 0 Å². The zero-order chi connectivity index (χ0) is 13.5. The summed E-state index contributed by atoms with van der Waals surface area (Å²) in [5.41, 5.74) is 3.96. The monoisotopic (exact) mass is 250 g/mol. The predicted molar refractivity (Wildman–Crippen MR) is 77.3 cm³/mol. The second kappa shape index (κ2) is 7.39. The van der Waals surface area contributed by atoms with E-state index in [0.29, 0.717) is 0 Å². The number of methoxy groups -OCH3 is 1. The summed E-state index contributed by atoms with van der Waals surface area (Å²) in [7, 11) is 3.89. The van der Waals surface area contributed by atoms with Gasteiger partial charge in [-0.1, -0.05) is 13.0 Å². The number of benzene rings is 1. The maximum Gasteiger partial charge on any atom is 0.122 e. The molecule has 0 aliphatic heterocycles. The van der Waals surface area contributed by atoms with Gasteiger partial charge in [0.1, 0.15) is 5.75 Å². The topological polar surface area (TPSA) is 24.5 Å². The third-order valence-corrected chi connectivity index (χ3v) is 3.43. The van der Waals surface area contributed by atoms with Crippen molar-refractivity contribution in [3.05, 3.63) is 28.8 Å². The third-order valence-electron chi connectivity index (χ3n) is 3.43. The van der Waals surface area contributed by atoms with Crippen LogP contribution in [0.15, 0.2) is 12.1 Å². The van der Waals surface area contributed by atoms with Crippen molar-refractivity contribution in [3.63, 3.8) is 0 Å². The maximum atomic E-state index is 5.34. The minimum Gasteiger partial charge on any atom is -0.496 e. The van der Waals surface area contributed by atoms with E-state index in [4.69, 9.17) is 4.74 Å². The van der Waals surface area contributed by atoms with Crippen LogP contribution in [0.3, 0.4) is 0 Å². The SMILES string of the molecule is CCNCCN(C)Cc1ccc(OC)c(C)c1C. The highest BCUT2D eigenvalue weighted by atomic mass is 16.5. The van der Waals surface area contributed by atoms with Crippen molar-refractivity contribution >= 4 is 0 Å². The van der Waals surface area contributed by atoms with E-state index in [1.165, 1.54) is 16.7 Å². The molecule has 18 heavy (non-hydrogen) atoms. The highest BCUT2D eigenvalue weighted by Gasteiger charge is 2.08. The van der Waals surface area contributed by atoms with E-state index in [1.54, 1.807) is 7.11 Å². The van der Waals surface area contributed by atoms with Gasteiger partial charge in [0.15, 0.2) is 0 Å². The Kier molecular flexibility index (Phi) is 6.16. The van der Waals surface area contributed by atoms with E-state index < -0.39 is 0 Å². The molecule has 0 saturated carbocycles. The largest absolute Gasteiger partial charge is 0.496 e. The smallest absolute Gasteiger partial charge is 0.122 e. The van der Waals surface area contributed by atoms with Gasteiger partial charge in [-0.25, -0.2) is 0 Å². The fraction of sp³-hybridized carbons (Fsp3) is 0.600. The van der Waals surface area contributed by atoms with E-state index in [1.807, 2.05) is 0 Å². The number of likely N-dealkylation sites (N-methyl/N-ethyl adjacent to an activating group) is 2. The summed E-state index contributed by atoms with van der Waals surface area (Å²) in [4.78, 5) is 2.34. The van der Waals surface area contributed by atoms with Gasteiger partial charge in [0.25, 0.3) is 0 Å². The standard InChI is InChI=1S/C15H26N2O/c1-6-16-9-10-17(4)11-14-7-8-15(18-5)13(3)12(14)2/h7-8,16H,6,9-11H2,1-5H3. The highest BCUT2D eigenvalue weighted by molar-refractivity contribution is 5.43. The molecule has 0 aromatic heterocycles. The molecule has 0 amide bonds. The molecule has 1 rings (SSSR count). The Hall–Kier alpha value is -1.06. The molecule has 1 N–H and O–H groups in total. The first kappa shape index (κ1) is 15.0. The van der Waals surface area contributed by atoms with Crippen LogP contribution in [-0.4, -0.2) is 38.7 Å². The van der Waals surface area contributed by atoms with E-state index in [0.717, 1.165) is 31.9 Å². The molecule has 1 aromatic carbocycles. The average Bonchev–Trinajstić information content (AvgIpc) is 2.36. The number of rotatable bonds is 7. The molecule has 1 aromatic rings. The lowest BCUT2D eigenvalue weighted by atomic mass is 10.0. The van der Waals surface area contributed by atoms with Crippen molar-refractivity contribution in [1.29, 1.82) is 0 Å². The average molecular weight is 250 g/mol. The van der Waals surface area contributed by atoms with Crippen molar-refractivity contribution in [3.8, 4) is 5.75 Å². The van der Waals surface area contributed by atoms with Crippen LogP contribution in [0.2, 0.25) is 0 Å². The molecule has 102 valence electrons. The normalized spacial score (nSPS) is 11.0. The van der Waals surface area contributed by atoms with E-state index in [9.17, 15) is 0 Å². The number of ether oxygens (including phenoxy) is 1. The number of nitrogens with one attached hydrogen (secondary N) is 1. The predicted octanol–water partition coefficient (Wildman–Crippen LogP) is 2.35. The molecular formula is C15H26N2O. The second-order valence-corrected chi connectivity index (χ2v) is 4.77. The Labute approximate surface area is 111 Å². The van der Waals surface area contributed by atoms with Crippen LogP contribution in [0.1, 0.15) is 23.6 Å². The molecule has 0 unspecified atom stereocenters. The van der Waals surface area contributed by atoms with Crippen molar-refractivity contribution in [2.24, 2.45) is 0 Å². The molecule has 0 atom stereocenters. The molecule has 0 bridgehead atoms. The van der Waals surface area contributed by atoms with Crippen LogP contribution >= 0.6 is 0 Å². The van der Waals surface area contributed by atoms with Crippen molar-refractivity contribution in [1.82, 2.24) is 10.2 Å². The van der Waals surface area contributed by atoms with Gasteiger partial charge in [0, 0.05) is 19.6 Å². The van der Waals surface area contributed by atoms with Gasteiger partial charge in [0.2, 0.25) is 0 Å². The Morgan fingerprint density at radius 3 is 2.56 bits per heavy atom. The molecule has 3 heteroatoms. The lowest BCUT2D eigenvalue weighted by molar-refractivity contribution is 0.324. The molecule has 0 fully saturated rings. The summed E-state index contributed by atoms with van der Waals surface area (Å²) >= 11 is 0. The summed E-state index contributed by atoms with van der Waals surface area (Å²) in [5, 5.41) is 3.35. The van der Waals surface area contributed by atoms with Crippen LogP contribution in [0.4, 0.5) is 0 Å². The Morgan fingerprint density at radius 1 is 1.22 bits per heavy atom. The fourth-order valence-electron chi connectivity index (χ4n) is 2.06. The lowest BCUT2D eigenvalue weighted by Crippen LogP contribution is -2.29. The zero-order valence-electron chi connectivity index (χ0n) is 12.3. The van der Waals surface area contributed by atoms with Crippen LogP contribution < -0.4 is 10.1 Å². The van der Waals surface area contributed by atoms with E-state index >= 15 is 0 Å². The van der Waals surface area contributed by atoms with Gasteiger partial charge in [-0.3, -0.25) is 0 Å². The summed E-state index contributed by atoms with van der Waals surface area (Å²) in [6, 6.07) is 4.24. The summed E-state index contributed by atoms with van der Waals surface area (Å²) in [6.07, 6.45) is 0. The summed E-state index contributed by atoms with van der Waals surface area (Å²) in [6.45, 7) is 10.6. The zero-order valence-corrected chi connectivity index (χ0v) is 12.3. The van der Waals surface area contributed by atoms with Crippen LogP contribution in [-0.2, 0) is 6.54 Å². The Morgan fingerprint density at radius 2 is 1.94 bits per heavy atom. The van der Waals surface area contributed by atoms with Crippen molar-refractivity contribution in [2.75, 3.05) is 33.8 Å². The molecule has 0 radical (unpaired) electrons. The first-order valence-electron chi connectivity index (χ1n) is 6.62. The number of hydrogen-bond acceptors (Lipinski definition) is 3. The summed E-state index contributed by atoms with van der Waals surface area (Å²) in [5.74, 6) is 0.978. The van der Waals surface area contributed by atoms with Gasteiger partial charge in [-0.15, -0.1) is 0 Å². The molecule has 0 spiro atoms. The van der Waals surface area contributed by atoms with Crippen LogP contribution in [0.25, 0.3) is 0 Å². The quantitative estimate of drug-likeness (QED) is 0.752. The van der Waals surface area contributed by atoms with Crippen molar-refractivity contribution < 1.29 is 4.74 Å². The number of hydrogen-bond donors (Lipinski definition) is 1. The molecule has 0 aliphatic rings. The van der Waals surface area contributed by atoms with E-state index in [2.05, 4.69) is 50.2 Å². The summed E-state index contributed by atoms with van der Waals surface area (Å²) < 4.78 is 5.34. The van der Waals surface area contributed by atoms with Crippen LogP contribution in [0, 0.1) is 13.8 Å². The Balaban J connectivity index is 2.64. The second-order valence-electron chi connectivity index (χ2n) is 4.77. The third kappa shape index (κ3) is 4.00. The molecule has 0 aliphatic carbocycles. The molecule has 0 heterocycles. The highest BCUT2D eigenvalue weighted by Crippen LogP contribution is 2.24. The minimum absolute atomic E-state index is 0.978. The van der Waals surface area contributed by atoms with Crippen molar-refractivity contribution in [2.45, 2.75) is 27.3 Å². The fourth-order valence-corrected chi connectivity index (χ4v) is 2.06. The van der Waals surface area contributed by atoms with E-state index in [-0.39, 0.29) is 0 Å². The Bertz CT molecular complexity index is 377. The molecular weight excluding hydrogens is 224 g/mol. The number of nitrogens with zero attached hydrogens (tertiary/aromatic N) is 1.